The van der Waals surface area contributed by atoms with Gasteiger partial charge in [0.25, 0.3) is 5.56 Å². The van der Waals surface area contributed by atoms with Gasteiger partial charge in [-0.2, -0.15) is 5.10 Å². The summed E-state index contributed by atoms with van der Waals surface area (Å²) in [7, 11) is 0. The molecule has 0 radical (unpaired) electrons. The number of halogens is 1. The molecule has 0 bridgehead atoms. The van der Waals surface area contributed by atoms with Crippen molar-refractivity contribution in [3.05, 3.63) is 21.0 Å². The lowest BCUT2D eigenvalue weighted by Gasteiger charge is -2.14. The van der Waals surface area contributed by atoms with Crippen LogP contribution in [0.2, 0.25) is 0 Å². The van der Waals surface area contributed by atoms with E-state index in [1.807, 2.05) is 0 Å². The van der Waals surface area contributed by atoms with Crippen molar-refractivity contribution < 1.29 is 0 Å². The molecule has 2 aliphatic rings. The lowest BCUT2D eigenvalue weighted by atomic mass is 10.2. The minimum Gasteiger partial charge on any atom is -0.381 e. The molecule has 2 heterocycles. The van der Waals surface area contributed by atoms with Crippen molar-refractivity contribution in [3.63, 3.8) is 0 Å². The first-order chi connectivity index (χ1) is 9.24. The van der Waals surface area contributed by atoms with Crippen molar-refractivity contribution in [1.29, 1.82) is 0 Å². The number of nitrogens with zero attached hydrogens (tertiary/aromatic N) is 2. The molecular formula is C13H19BrN4O. The maximum absolute atomic E-state index is 12.1. The Bertz CT molecular complexity index is 506. The predicted molar refractivity (Wildman–Crippen MR) is 78.4 cm³/mol. The van der Waals surface area contributed by atoms with Crippen LogP contribution in [0, 0.1) is 5.92 Å². The summed E-state index contributed by atoms with van der Waals surface area (Å²) in [4.78, 5) is 12.1. The lowest BCUT2D eigenvalue weighted by molar-refractivity contribution is 0.531. The molecule has 2 fully saturated rings. The zero-order chi connectivity index (χ0) is 13.2. The number of nitrogens with one attached hydrogen (secondary N) is 2. The van der Waals surface area contributed by atoms with E-state index in [-0.39, 0.29) is 5.56 Å². The molecule has 1 atom stereocenters. The van der Waals surface area contributed by atoms with Crippen molar-refractivity contribution in [3.8, 4) is 0 Å². The summed E-state index contributed by atoms with van der Waals surface area (Å²) in [6.07, 6.45) is 6.62. The molecule has 19 heavy (non-hydrogen) atoms. The Morgan fingerprint density at radius 3 is 3.00 bits per heavy atom. The van der Waals surface area contributed by atoms with E-state index in [1.165, 1.54) is 25.7 Å². The predicted octanol–water partition coefficient (Wildman–Crippen LogP) is 1.58. The summed E-state index contributed by atoms with van der Waals surface area (Å²) < 4.78 is 2.17. The molecule has 0 amide bonds. The van der Waals surface area contributed by atoms with Crippen LogP contribution in [0.5, 0.6) is 0 Å². The summed E-state index contributed by atoms with van der Waals surface area (Å²) >= 11 is 3.39. The maximum atomic E-state index is 12.1. The van der Waals surface area contributed by atoms with E-state index in [0.717, 1.165) is 25.3 Å². The Morgan fingerprint density at radius 2 is 2.32 bits per heavy atom. The third-order valence-electron chi connectivity index (χ3n) is 3.81. The topological polar surface area (TPSA) is 59.0 Å². The normalized spacial score (nSPS) is 22.7. The summed E-state index contributed by atoms with van der Waals surface area (Å²) in [5.74, 6) is 0.651. The van der Waals surface area contributed by atoms with Gasteiger partial charge in [-0.1, -0.05) is 0 Å². The molecule has 1 aromatic heterocycles. The zero-order valence-corrected chi connectivity index (χ0v) is 12.4. The van der Waals surface area contributed by atoms with Crippen LogP contribution in [0.4, 0.5) is 5.69 Å². The molecule has 1 aliphatic carbocycles. The van der Waals surface area contributed by atoms with Crippen molar-refractivity contribution in [2.45, 2.75) is 38.3 Å². The second kappa shape index (κ2) is 5.63. The Hall–Kier alpha value is -0.880. The van der Waals surface area contributed by atoms with Gasteiger partial charge in [0.05, 0.1) is 11.9 Å². The maximum Gasteiger partial charge on any atom is 0.283 e. The van der Waals surface area contributed by atoms with E-state index in [9.17, 15) is 4.79 Å². The van der Waals surface area contributed by atoms with Gasteiger partial charge < -0.3 is 10.6 Å². The molecule has 3 rings (SSSR count). The van der Waals surface area contributed by atoms with Gasteiger partial charge in [-0.25, -0.2) is 4.68 Å². The molecule has 6 heteroatoms. The van der Waals surface area contributed by atoms with Gasteiger partial charge in [0, 0.05) is 19.1 Å². The van der Waals surface area contributed by atoms with Crippen LogP contribution in [0.15, 0.2) is 15.5 Å². The first-order valence-corrected chi connectivity index (χ1v) is 7.76. The van der Waals surface area contributed by atoms with Crippen molar-refractivity contribution in [1.82, 2.24) is 15.1 Å². The fourth-order valence-corrected chi connectivity index (χ4v) is 2.87. The Morgan fingerprint density at radius 1 is 1.47 bits per heavy atom. The van der Waals surface area contributed by atoms with Crippen LogP contribution >= 0.6 is 15.9 Å². The third kappa shape index (κ3) is 3.17. The highest BCUT2D eigenvalue weighted by molar-refractivity contribution is 9.10. The molecule has 1 saturated carbocycles. The molecule has 1 unspecified atom stereocenters. The average molecular weight is 327 g/mol. The fourth-order valence-electron chi connectivity index (χ4n) is 2.43. The van der Waals surface area contributed by atoms with E-state index in [1.54, 1.807) is 10.9 Å². The van der Waals surface area contributed by atoms with E-state index < -0.39 is 0 Å². The SMILES string of the molecule is O=c1c(Br)c(NCC2CCCN2)cnn1CC1CC1. The molecule has 1 saturated heterocycles. The molecule has 0 aromatic carbocycles. The van der Waals surface area contributed by atoms with Crippen molar-refractivity contribution in [2.24, 2.45) is 5.92 Å². The second-order valence-electron chi connectivity index (χ2n) is 5.48. The Balaban J connectivity index is 1.67. The molecular weight excluding hydrogens is 308 g/mol. The largest absolute Gasteiger partial charge is 0.381 e. The quantitative estimate of drug-likeness (QED) is 0.862. The Labute approximate surface area is 120 Å². The molecule has 5 nitrogen and oxygen atoms in total. The standard InChI is InChI=1S/C13H19BrN4O/c14-12-11(16-6-10-2-1-5-15-10)7-17-18(13(12)19)8-9-3-4-9/h7,9-10,15-16H,1-6,8H2. The van der Waals surface area contributed by atoms with Gasteiger partial charge in [0.15, 0.2) is 0 Å². The number of hydrogen-bond acceptors (Lipinski definition) is 4. The summed E-state index contributed by atoms with van der Waals surface area (Å²) in [6.45, 7) is 2.68. The van der Waals surface area contributed by atoms with Crippen molar-refractivity contribution in [2.75, 3.05) is 18.4 Å². The highest BCUT2D eigenvalue weighted by atomic mass is 79.9. The Kier molecular flexibility index (Phi) is 3.88. The van der Waals surface area contributed by atoms with Gasteiger partial charge in [-0.15, -0.1) is 0 Å². The molecule has 2 N–H and O–H groups in total. The number of hydrogen-bond donors (Lipinski definition) is 2. The van der Waals surface area contributed by atoms with Crippen LogP contribution in [-0.2, 0) is 6.54 Å². The van der Waals surface area contributed by atoms with Crippen molar-refractivity contribution >= 4 is 21.6 Å². The second-order valence-corrected chi connectivity index (χ2v) is 6.27. The van der Waals surface area contributed by atoms with Gasteiger partial charge in [0.1, 0.15) is 4.47 Å². The molecule has 1 aliphatic heterocycles. The highest BCUT2D eigenvalue weighted by Crippen LogP contribution is 2.30. The van der Waals surface area contributed by atoms with Gasteiger partial charge >= 0.3 is 0 Å². The minimum atomic E-state index is -0.0312. The summed E-state index contributed by atoms with van der Waals surface area (Å²) in [5, 5.41) is 11.0. The van der Waals surface area contributed by atoms with Crippen LogP contribution in [0.1, 0.15) is 25.7 Å². The number of rotatable bonds is 5. The van der Waals surface area contributed by atoms with Gasteiger partial charge in [-0.05, 0) is 54.1 Å². The highest BCUT2D eigenvalue weighted by Gasteiger charge is 2.23. The summed E-state index contributed by atoms with van der Waals surface area (Å²) in [5.41, 5.74) is 0.766. The smallest absolute Gasteiger partial charge is 0.283 e. The first kappa shape index (κ1) is 13.1. The lowest BCUT2D eigenvalue weighted by Crippen LogP contribution is -2.31. The minimum absolute atomic E-state index is 0.0312. The van der Waals surface area contributed by atoms with E-state index in [0.29, 0.717) is 16.4 Å². The third-order valence-corrected chi connectivity index (χ3v) is 4.58. The molecule has 0 spiro atoms. The molecule has 104 valence electrons. The fraction of sp³-hybridized carbons (Fsp3) is 0.692. The summed E-state index contributed by atoms with van der Waals surface area (Å²) in [6, 6.07) is 0.501. The number of aromatic nitrogens is 2. The molecule has 1 aromatic rings. The first-order valence-electron chi connectivity index (χ1n) is 6.97. The zero-order valence-electron chi connectivity index (χ0n) is 10.9. The van der Waals surface area contributed by atoms with Crippen LogP contribution < -0.4 is 16.2 Å². The van der Waals surface area contributed by atoms with E-state index in [4.69, 9.17) is 0 Å². The van der Waals surface area contributed by atoms with Crippen LogP contribution in [0.3, 0.4) is 0 Å². The van der Waals surface area contributed by atoms with Crippen LogP contribution in [-0.4, -0.2) is 28.9 Å². The average Bonchev–Trinajstić information content (AvgIpc) is 3.07. The van der Waals surface area contributed by atoms with Gasteiger partial charge in [-0.3, -0.25) is 4.79 Å². The van der Waals surface area contributed by atoms with E-state index in [2.05, 4.69) is 31.7 Å². The van der Waals surface area contributed by atoms with Gasteiger partial charge in [0.2, 0.25) is 0 Å². The van der Waals surface area contributed by atoms with Crippen LogP contribution in [0.25, 0.3) is 0 Å². The number of anilines is 1. The van der Waals surface area contributed by atoms with E-state index >= 15 is 0 Å². The monoisotopic (exact) mass is 326 g/mol.